The van der Waals surface area contributed by atoms with Gasteiger partial charge in [-0.3, -0.25) is 13.7 Å². The van der Waals surface area contributed by atoms with Crippen molar-refractivity contribution in [1.82, 2.24) is 4.57 Å². The molecule has 31 heavy (non-hydrogen) atoms. The molecular formula is C20H25Cl2N2O5PS. The Bertz CT molecular complexity index is 1120. The van der Waals surface area contributed by atoms with E-state index in [0.29, 0.717) is 18.7 Å². The van der Waals surface area contributed by atoms with Gasteiger partial charge in [0.1, 0.15) is 0 Å². The zero-order valence-electron chi connectivity index (χ0n) is 17.3. The van der Waals surface area contributed by atoms with Gasteiger partial charge in [-0.25, -0.2) is 8.42 Å². The lowest BCUT2D eigenvalue weighted by molar-refractivity contribution is 0.0941. The van der Waals surface area contributed by atoms with Crippen molar-refractivity contribution in [1.29, 1.82) is 0 Å². The van der Waals surface area contributed by atoms with Gasteiger partial charge in [0.15, 0.2) is 0 Å². The molecule has 1 heterocycles. The fourth-order valence-corrected chi connectivity index (χ4v) is 5.23. The smallest absolute Gasteiger partial charge is 0.264 e. The Morgan fingerprint density at radius 2 is 1.65 bits per heavy atom. The Morgan fingerprint density at radius 1 is 1.06 bits per heavy atom. The third kappa shape index (κ3) is 6.42. The molecule has 3 aromatic rings. The van der Waals surface area contributed by atoms with Crippen LogP contribution in [-0.2, 0) is 10.0 Å². The normalized spacial score (nSPS) is 10.6. The van der Waals surface area contributed by atoms with Gasteiger partial charge < -0.3 is 10.00 Å². The molecule has 3 rings (SSSR count). The summed E-state index contributed by atoms with van der Waals surface area (Å²) >= 11 is 12.0. The third-order valence-electron chi connectivity index (χ3n) is 4.15. The van der Waals surface area contributed by atoms with Gasteiger partial charge in [0.05, 0.1) is 16.1 Å². The fraction of sp³-hybridized carbons (Fsp3) is 0.250. The number of carbonyl (C=O) groups is 1. The first kappa shape index (κ1) is 27.4. The second-order valence-electron chi connectivity index (χ2n) is 6.13. The molecule has 0 radical (unpaired) electrons. The van der Waals surface area contributed by atoms with E-state index in [0.717, 1.165) is 18.0 Å². The van der Waals surface area contributed by atoms with Gasteiger partial charge >= 0.3 is 0 Å². The number of rotatable bonds is 5. The number of sulfonamides is 1. The molecule has 0 amide bonds. The van der Waals surface area contributed by atoms with Crippen molar-refractivity contribution >= 4 is 65.2 Å². The van der Waals surface area contributed by atoms with Crippen molar-refractivity contribution in [2.24, 2.45) is 0 Å². The monoisotopic (exact) mass is 506 g/mol. The molecule has 0 aliphatic carbocycles. The van der Waals surface area contributed by atoms with Gasteiger partial charge in [0.2, 0.25) is 5.91 Å². The van der Waals surface area contributed by atoms with Crippen LogP contribution in [0.5, 0.6) is 0 Å². The van der Waals surface area contributed by atoms with Crippen LogP contribution < -0.4 is 4.31 Å². The fourth-order valence-electron chi connectivity index (χ4n) is 2.96. The van der Waals surface area contributed by atoms with Crippen molar-refractivity contribution in [2.75, 3.05) is 18.0 Å². The van der Waals surface area contributed by atoms with E-state index in [9.17, 15) is 13.2 Å². The first-order valence-corrected chi connectivity index (χ1v) is 11.8. The maximum Gasteiger partial charge on any atom is 0.264 e. The molecule has 1 unspecified atom stereocenters. The average Bonchev–Trinajstić information content (AvgIpc) is 3.17. The highest BCUT2D eigenvalue weighted by atomic mass is 35.5. The number of aliphatic hydroxyl groups is 1. The number of halogens is 2. The van der Waals surface area contributed by atoms with E-state index in [4.69, 9.17) is 33.2 Å². The molecule has 0 aliphatic rings. The number of nitrogens with zero attached hydrogens (tertiary/aromatic N) is 2. The molecule has 0 bridgehead atoms. The van der Waals surface area contributed by atoms with E-state index >= 15 is 0 Å². The van der Waals surface area contributed by atoms with Crippen LogP contribution in [0.4, 0.5) is 5.69 Å². The van der Waals surface area contributed by atoms with Crippen LogP contribution in [-0.4, -0.2) is 42.5 Å². The van der Waals surface area contributed by atoms with Crippen LogP contribution in [0, 0.1) is 0 Å². The second kappa shape index (κ2) is 12.4. The summed E-state index contributed by atoms with van der Waals surface area (Å²) in [4.78, 5) is 18.6. The van der Waals surface area contributed by atoms with Gasteiger partial charge in [-0.15, -0.1) is 0 Å². The predicted octanol–water partition coefficient (Wildman–Crippen LogP) is 4.59. The molecule has 0 saturated carbocycles. The van der Waals surface area contributed by atoms with Gasteiger partial charge in [-0.05, 0) is 58.4 Å². The first-order valence-electron chi connectivity index (χ1n) is 9.05. The SMILES string of the molecule is CCCN(c1ccc2c(ccn2C(C)=O)c1)S(=O)(=O)c1cc(Cl)cc(Cl)c1.CO.OP. The number of carbonyl (C=O) groups excluding carboxylic acids is 1. The molecule has 0 saturated heterocycles. The van der Waals surface area contributed by atoms with Gasteiger partial charge in [-0.1, -0.05) is 30.1 Å². The largest absolute Gasteiger partial charge is 0.400 e. The summed E-state index contributed by atoms with van der Waals surface area (Å²) in [5.74, 6) is -0.107. The molecule has 11 heteroatoms. The summed E-state index contributed by atoms with van der Waals surface area (Å²) < 4.78 is 29.3. The second-order valence-corrected chi connectivity index (χ2v) is 8.87. The molecule has 0 aliphatic heterocycles. The van der Waals surface area contributed by atoms with Gasteiger partial charge in [0, 0.05) is 42.2 Å². The number of aromatic nitrogens is 1. The molecule has 0 spiro atoms. The standard InChI is InChI=1S/C19H18Cl2N2O3S.CH4O.H3OP/c1-3-7-23(27(25,26)18-11-15(20)10-16(21)12-18)17-4-5-19-14(9-17)6-8-22(19)13(2)24;2*1-2/h4-6,8-12H,3,7H2,1-2H3;2H,1H3;1H,2H2. The van der Waals surface area contributed by atoms with E-state index in [1.54, 1.807) is 30.5 Å². The summed E-state index contributed by atoms with van der Waals surface area (Å²) in [7, 11) is -1.43. The molecule has 2 aromatic carbocycles. The molecular weight excluding hydrogens is 482 g/mol. The Hall–Kier alpha value is -1.67. The van der Waals surface area contributed by atoms with Crippen LogP contribution in [0.2, 0.25) is 10.0 Å². The topological polar surface area (TPSA) is 99.8 Å². The van der Waals surface area contributed by atoms with E-state index in [1.165, 1.54) is 43.5 Å². The molecule has 7 nitrogen and oxygen atoms in total. The zero-order valence-corrected chi connectivity index (χ0v) is 20.8. The number of hydrogen-bond acceptors (Lipinski definition) is 5. The highest BCUT2D eigenvalue weighted by Gasteiger charge is 2.25. The Balaban J connectivity index is 0.00000113. The van der Waals surface area contributed by atoms with E-state index in [1.807, 2.05) is 6.92 Å². The van der Waals surface area contributed by atoms with Crippen molar-refractivity contribution in [3.05, 3.63) is 58.7 Å². The summed E-state index contributed by atoms with van der Waals surface area (Å²) in [6.07, 6.45) is 2.30. The summed E-state index contributed by atoms with van der Waals surface area (Å²) in [6.45, 7) is 3.67. The van der Waals surface area contributed by atoms with E-state index in [2.05, 4.69) is 0 Å². The van der Waals surface area contributed by atoms with Gasteiger partial charge in [-0.2, -0.15) is 0 Å². The maximum atomic E-state index is 13.2. The van der Waals surface area contributed by atoms with E-state index < -0.39 is 10.0 Å². The number of fused-ring (bicyclic) bond motifs is 1. The predicted molar refractivity (Wildman–Crippen MR) is 130 cm³/mol. The minimum absolute atomic E-state index is 0.0369. The maximum absolute atomic E-state index is 13.2. The molecule has 2 N–H and O–H groups in total. The quantitative estimate of drug-likeness (QED) is 0.493. The summed E-state index contributed by atoms with van der Waals surface area (Å²) in [5, 5.41) is 8.29. The molecule has 1 atom stereocenters. The lowest BCUT2D eigenvalue weighted by Crippen LogP contribution is -2.31. The number of anilines is 1. The number of aliphatic hydroxyl groups excluding tert-OH is 1. The van der Waals surface area contributed by atoms with Crippen molar-refractivity contribution in [2.45, 2.75) is 25.2 Å². The highest BCUT2D eigenvalue weighted by molar-refractivity contribution is 7.92. The lowest BCUT2D eigenvalue weighted by Gasteiger charge is -2.24. The van der Waals surface area contributed by atoms with Crippen molar-refractivity contribution < 1.29 is 23.2 Å². The molecule has 0 fully saturated rings. The minimum atomic E-state index is -3.85. The average molecular weight is 507 g/mol. The molecule has 1 aromatic heterocycles. The Kier molecular flexibility index (Phi) is 10.9. The van der Waals surface area contributed by atoms with E-state index in [-0.39, 0.29) is 20.8 Å². The van der Waals surface area contributed by atoms with Crippen molar-refractivity contribution in [3.8, 4) is 0 Å². The lowest BCUT2D eigenvalue weighted by atomic mass is 10.2. The van der Waals surface area contributed by atoms with Crippen LogP contribution in [0.15, 0.2) is 53.6 Å². The summed E-state index contributed by atoms with van der Waals surface area (Å²) in [5.41, 5.74) is 1.24. The summed E-state index contributed by atoms with van der Waals surface area (Å²) in [6, 6.07) is 11.2. The van der Waals surface area contributed by atoms with Crippen LogP contribution >= 0.6 is 32.7 Å². The first-order chi connectivity index (χ1) is 14.7. The van der Waals surface area contributed by atoms with Crippen molar-refractivity contribution in [3.63, 3.8) is 0 Å². The zero-order chi connectivity index (χ0) is 23.8. The molecule has 170 valence electrons. The van der Waals surface area contributed by atoms with Gasteiger partial charge in [0.25, 0.3) is 10.0 Å². The Labute approximate surface area is 194 Å². The Morgan fingerprint density at radius 3 is 2.16 bits per heavy atom. The number of benzene rings is 2. The van der Waals surface area contributed by atoms with Crippen LogP contribution in [0.1, 0.15) is 25.1 Å². The number of hydrogen-bond donors (Lipinski definition) is 2. The van der Waals surface area contributed by atoms with Crippen LogP contribution in [0.25, 0.3) is 10.9 Å². The third-order valence-corrected chi connectivity index (χ3v) is 6.39. The van der Waals surface area contributed by atoms with Crippen LogP contribution in [0.3, 0.4) is 0 Å². The minimum Gasteiger partial charge on any atom is -0.400 e. The highest BCUT2D eigenvalue weighted by Crippen LogP contribution is 2.30.